The summed E-state index contributed by atoms with van der Waals surface area (Å²) in [6.07, 6.45) is 3.13. The average Bonchev–Trinajstić information content (AvgIpc) is 2.52. The van der Waals surface area contributed by atoms with E-state index in [-0.39, 0.29) is 5.78 Å². The number of carbonyl (C=O) groups is 2. The van der Waals surface area contributed by atoms with Crippen molar-refractivity contribution in [1.29, 1.82) is 0 Å². The first-order valence-electron chi connectivity index (χ1n) is 6.47. The molecule has 0 aliphatic heterocycles. The van der Waals surface area contributed by atoms with Crippen molar-refractivity contribution in [3.05, 3.63) is 70.8 Å². The van der Waals surface area contributed by atoms with Gasteiger partial charge in [0.25, 0.3) is 0 Å². The zero-order valence-corrected chi connectivity index (χ0v) is 12.3. The van der Waals surface area contributed by atoms with E-state index in [0.29, 0.717) is 16.3 Å². The largest absolute Gasteiger partial charge is 0.482 e. The van der Waals surface area contributed by atoms with Crippen LogP contribution < -0.4 is 4.74 Å². The van der Waals surface area contributed by atoms with Crippen LogP contribution in [-0.2, 0) is 4.79 Å². The number of ether oxygens (including phenoxy) is 1. The first kappa shape index (κ1) is 15.8. The Kier molecular flexibility index (Phi) is 5.33. The van der Waals surface area contributed by atoms with Crippen LogP contribution in [0.15, 0.2) is 54.6 Å². The predicted molar refractivity (Wildman–Crippen MR) is 84.4 cm³/mol. The van der Waals surface area contributed by atoms with E-state index in [1.54, 1.807) is 48.5 Å². The lowest BCUT2D eigenvalue weighted by molar-refractivity contribution is -0.139. The Labute approximate surface area is 132 Å². The van der Waals surface area contributed by atoms with Gasteiger partial charge in [0, 0.05) is 10.6 Å². The normalized spacial score (nSPS) is 10.6. The Morgan fingerprint density at radius 1 is 1.14 bits per heavy atom. The molecule has 0 fully saturated rings. The summed E-state index contributed by atoms with van der Waals surface area (Å²) in [6, 6.07) is 13.5. The molecule has 0 saturated heterocycles. The van der Waals surface area contributed by atoms with Crippen LogP contribution in [0.4, 0.5) is 0 Å². The van der Waals surface area contributed by atoms with Crippen molar-refractivity contribution in [3.63, 3.8) is 0 Å². The van der Waals surface area contributed by atoms with Crippen LogP contribution in [0.2, 0.25) is 5.02 Å². The lowest BCUT2D eigenvalue weighted by Gasteiger charge is -2.04. The highest BCUT2D eigenvalue weighted by Gasteiger charge is 2.05. The zero-order valence-electron chi connectivity index (χ0n) is 11.5. The second-order valence-electron chi connectivity index (χ2n) is 4.46. The van der Waals surface area contributed by atoms with Crippen LogP contribution in [0, 0.1) is 0 Å². The lowest BCUT2D eigenvalue weighted by atomic mass is 10.1. The smallest absolute Gasteiger partial charge is 0.341 e. The number of halogens is 1. The average molecular weight is 317 g/mol. The summed E-state index contributed by atoms with van der Waals surface area (Å²) in [7, 11) is 0. The molecule has 112 valence electrons. The third-order valence-corrected chi connectivity index (χ3v) is 3.03. The van der Waals surface area contributed by atoms with Gasteiger partial charge >= 0.3 is 5.97 Å². The Morgan fingerprint density at radius 3 is 2.55 bits per heavy atom. The maximum absolute atomic E-state index is 12.1. The Balaban J connectivity index is 2.07. The van der Waals surface area contributed by atoms with Gasteiger partial charge in [0.05, 0.1) is 0 Å². The van der Waals surface area contributed by atoms with Crippen molar-refractivity contribution in [2.24, 2.45) is 0 Å². The summed E-state index contributed by atoms with van der Waals surface area (Å²) in [5.74, 6) is -0.928. The monoisotopic (exact) mass is 316 g/mol. The van der Waals surface area contributed by atoms with E-state index in [1.165, 1.54) is 12.1 Å². The molecular weight excluding hydrogens is 304 g/mol. The van der Waals surface area contributed by atoms with Gasteiger partial charge in [-0.2, -0.15) is 0 Å². The number of carboxylic acid groups (broad SMARTS) is 1. The van der Waals surface area contributed by atoms with E-state index in [1.807, 2.05) is 0 Å². The number of hydrogen-bond donors (Lipinski definition) is 1. The van der Waals surface area contributed by atoms with Crippen molar-refractivity contribution < 1.29 is 19.4 Å². The molecule has 2 aromatic rings. The molecule has 0 unspecified atom stereocenters. The summed E-state index contributed by atoms with van der Waals surface area (Å²) >= 11 is 5.79. The highest BCUT2D eigenvalue weighted by Crippen LogP contribution is 2.15. The van der Waals surface area contributed by atoms with Gasteiger partial charge in [-0.15, -0.1) is 0 Å². The van der Waals surface area contributed by atoms with Crippen LogP contribution in [0.25, 0.3) is 6.08 Å². The molecule has 1 N–H and O–H groups in total. The number of rotatable bonds is 6. The maximum Gasteiger partial charge on any atom is 0.341 e. The third-order valence-electron chi connectivity index (χ3n) is 2.78. The van der Waals surface area contributed by atoms with Crippen molar-refractivity contribution >= 4 is 29.4 Å². The molecule has 2 aromatic carbocycles. The fourth-order valence-electron chi connectivity index (χ4n) is 1.73. The molecule has 0 amide bonds. The van der Waals surface area contributed by atoms with Crippen molar-refractivity contribution in [2.75, 3.05) is 6.61 Å². The molecule has 22 heavy (non-hydrogen) atoms. The first-order valence-corrected chi connectivity index (χ1v) is 6.85. The summed E-state index contributed by atoms with van der Waals surface area (Å²) in [5, 5.41) is 9.20. The van der Waals surface area contributed by atoms with Crippen LogP contribution in [0.5, 0.6) is 5.75 Å². The molecule has 0 aromatic heterocycles. The third kappa shape index (κ3) is 4.75. The quantitative estimate of drug-likeness (QED) is 0.652. The molecule has 0 spiro atoms. The number of benzene rings is 2. The molecule has 0 radical (unpaired) electrons. The molecule has 0 heterocycles. The van der Waals surface area contributed by atoms with Crippen LogP contribution in [-0.4, -0.2) is 23.5 Å². The van der Waals surface area contributed by atoms with Gasteiger partial charge in [0.15, 0.2) is 12.4 Å². The predicted octanol–water partition coefficient (Wildman–Crippen LogP) is 3.70. The molecule has 0 aliphatic rings. The van der Waals surface area contributed by atoms with Gasteiger partial charge in [0.2, 0.25) is 0 Å². The van der Waals surface area contributed by atoms with Crippen LogP contribution >= 0.6 is 11.6 Å². The molecular formula is C17H13ClO4. The minimum absolute atomic E-state index is 0.198. The number of ketones is 1. The van der Waals surface area contributed by atoms with E-state index in [4.69, 9.17) is 21.4 Å². The molecule has 0 saturated carbocycles. The van der Waals surface area contributed by atoms with Gasteiger partial charge in [0.1, 0.15) is 5.75 Å². The van der Waals surface area contributed by atoms with Gasteiger partial charge in [-0.3, -0.25) is 4.79 Å². The van der Waals surface area contributed by atoms with Crippen molar-refractivity contribution in [3.8, 4) is 5.75 Å². The number of aliphatic carboxylic acids is 1. The van der Waals surface area contributed by atoms with Crippen molar-refractivity contribution in [2.45, 2.75) is 0 Å². The van der Waals surface area contributed by atoms with E-state index < -0.39 is 12.6 Å². The molecule has 2 rings (SSSR count). The molecule has 5 heteroatoms. The molecule has 0 aliphatic carbocycles. The SMILES string of the molecule is O=C(O)COc1cccc(C(=O)/C=C/c2ccc(Cl)cc2)c1. The Hall–Kier alpha value is -2.59. The minimum Gasteiger partial charge on any atom is -0.482 e. The second kappa shape index (κ2) is 7.43. The zero-order chi connectivity index (χ0) is 15.9. The summed E-state index contributed by atoms with van der Waals surface area (Å²) in [4.78, 5) is 22.6. The van der Waals surface area contributed by atoms with Gasteiger partial charge in [-0.05, 0) is 35.9 Å². The Morgan fingerprint density at radius 2 is 1.86 bits per heavy atom. The highest BCUT2D eigenvalue weighted by molar-refractivity contribution is 6.30. The summed E-state index contributed by atoms with van der Waals surface area (Å²) < 4.78 is 5.04. The first-order chi connectivity index (χ1) is 10.5. The van der Waals surface area contributed by atoms with Gasteiger partial charge < -0.3 is 9.84 Å². The second-order valence-corrected chi connectivity index (χ2v) is 4.90. The molecule has 0 atom stereocenters. The van der Waals surface area contributed by atoms with E-state index in [0.717, 1.165) is 5.56 Å². The fraction of sp³-hybridized carbons (Fsp3) is 0.0588. The van der Waals surface area contributed by atoms with Crippen LogP contribution in [0.3, 0.4) is 0 Å². The van der Waals surface area contributed by atoms with Crippen molar-refractivity contribution in [1.82, 2.24) is 0 Å². The molecule has 0 bridgehead atoms. The summed E-state index contributed by atoms with van der Waals surface area (Å²) in [6.45, 7) is -0.446. The Bertz CT molecular complexity index is 705. The lowest BCUT2D eigenvalue weighted by Crippen LogP contribution is -2.09. The van der Waals surface area contributed by atoms with Gasteiger partial charge in [-0.25, -0.2) is 4.79 Å². The fourth-order valence-corrected chi connectivity index (χ4v) is 1.85. The number of carboxylic acids is 1. The standard InChI is InChI=1S/C17H13ClO4/c18-14-7-4-12(5-8-14)6-9-16(19)13-2-1-3-15(10-13)22-11-17(20)21/h1-10H,11H2,(H,20,21)/b9-6+. The molecule has 4 nitrogen and oxygen atoms in total. The topological polar surface area (TPSA) is 63.6 Å². The highest BCUT2D eigenvalue weighted by atomic mass is 35.5. The number of allylic oxidation sites excluding steroid dienone is 1. The van der Waals surface area contributed by atoms with Gasteiger partial charge in [-0.1, -0.05) is 41.9 Å². The van der Waals surface area contributed by atoms with E-state index >= 15 is 0 Å². The number of carbonyl (C=O) groups excluding carboxylic acids is 1. The summed E-state index contributed by atoms with van der Waals surface area (Å²) in [5.41, 5.74) is 1.28. The number of hydrogen-bond acceptors (Lipinski definition) is 3. The minimum atomic E-state index is -1.07. The van der Waals surface area contributed by atoms with E-state index in [9.17, 15) is 9.59 Å². The maximum atomic E-state index is 12.1. The van der Waals surface area contributed by atoms with Crippen LogP contribution in [0.1, 0.15) is 15.9 Å². The van der Waals surface area contributed by atoms with E-state index in [2.05, 4.69) is 0 Å².